The molecule has 0 spiro atoms. The third-order valence-corrected chi connectivity index (χ3v) is 24.6. The summed E-state index contributed by atoms with van der Waals surface area (Å²) in [5.74, 6) is 5.83. The highest BCUT2D eigenvalue weighted by Crippen LogP contribution is 2.23. The van der Waals surface area contributed by atoms with Gasteiger partial charge in [0.25, 0.3) is 0 Å². The molecule has 11 nitrogen and oxygen atoms in total. The molecule has 16 heteroatoms. The predicted octanol–water partition coefficient (Wildman–Crippen LogP) is 35.2. The Morgan fingerprint density at radius 2 is 0.612 bits per heavy atom. The van der Waals surface area contributed by atoms with E-state index in [-0.39, 0.29) is 5.91 Å². The van der Waals surface area contributed by atoms with Crippen LogP contribution in [-0.4, -0.2) is 80.8 Å². The van der Waals surface area contributed by atoms with E-state index in [0.29, 0.717) is 13.0 Å². The summed E-state index contributed by atoms with van der Waals surface area (Å²) in [6, 6.07) is 0. The molecule has 0 fully saturated rings. The van der Waals surface area contributed by atoms with Crippen LogP contribution in [-0.2, 0) is 4.79 Å². The third-order valence-electron chi connectivity index (χ3n) is 19.2. The van der Waals surface area contributed by atoms with Gasteiger partial charge in [0.15, 0.2) is 0 Å². The number of nitrogens with one attached hydrogen (secondary N) is 1. The van der Waals surface area contributed by atoms with Gasteiger partial charge in [-0.1, -0.05) is 319 Å². The van der Waals surface area contributed by atoms with Crippen LogP contribution in [0.15, 0.2) is 251 Å². The topological polar surface area (TPSA) is 140 Å². The average molecular weight is 1750 g/mol. The Labute approximate surface area is 764 Å². The molecular formula is C105H170N10OS5. The van der Waals surface area contributed by atoms with Crippen LogP contribution >= 0.6 is 58.8 Å². The molecule has 5 aliphatic heterocycles. The van der Waals surface area contributed by atoms with Crippen LogP contribution < -0.4 is 5.43 Å². The number of rotatable bonds is 71. The van der Waals surface area contributed by atoms with Gasteiger partial charge in [0.05, 0.1) is 35.8 Å². The van der Waals surface area contributed by atoms with Gasteiger partial charge < -0.3 is 0 Å². The third kappa shape index (κ3) is 90.4. The second-order valence-corrected chi connectivity index (χ2v) is 36.5. The number of aliphatic imine (C=N–C) groups is 3. The van der Waals surface area contributed by atoms with Crippen LogP contribution in [0.4, 0.5) is 0 Å². The lowest BCUT2D eigenvalue weighted by molar-refractivity contribution is -0.119. The Balaban J connectivity index is 0.000000756. The Morgan fingerprint density at radius 3 is 0.876 bits per heavy atom. The minimum absolute atomic E-state index is 0.0182. The number of carbonyl (C=O) groups is 1. The summed E-state index contributed by atoms with van der Waals surface area (Å²) < 4.78 is 0. The first kappa shape index (κ1) is 113. The number of hydrazone groups is 1. The summed E-state index contributed by atoms with van der Waals surface area (Å²) in [6.07, 6.45) is 140. The molecular weight excluding hydrogens is 1580 g/mol. The monoisotopic (exact) mass is 1750 g/mol. The molecule has 1 amide bonds. The number of azo groups is 1. The van der Waals surface area contributed by atoms with Crippen molar-refractivity contribution in [2.75, 3.05) is 48.4 Å². The second-order valence-electron chi connectivity index (χ2n) is 30.6. The molecule has 5 rings (SSSR count). The van der Waals surface area contributed by atoms with Crippen molar-refractivity contribution in [3.8, 4) is 0 Å². The van der Waals surface area contributed by atoms with E-state index in [1.54, 1.807) is 29.9 Å². The molecule has 5 heterocycles. The predicted molar refractivity (Wildman–Crippen MR) is 556 cm³/mol. The van der Waals surface area contributed by atoms with Gasteiger partial charge in [-0.05, 0) is 259 Å². The van der Waals surface area contributed by atoms with Crippen LogP contribution in [0.3, 0.4) is 0 Å². The molecule has 0 unspecified atom stereocenters. The maximum Gasteiger partial charge on any atom is 0.246 e. The highest BCUT2D eigenvalue weighted by Gasteiger charge is 2.14. The second kappa shape index (κ2) is 99.8. The highest BCUT2D eigenvalue weighted by molar-refractivity contribution is 8.14. The lowest BCUT2D eigenvalue weighted by Crippen LogP contribution is -2.08. The van der Waals surface area contributed by atoms with Crippen LogP contribution in [0.2, 0.25) is 0 Å². The summed E-state index contributed by atoms with van der Waals surface area (Å²) in [5, 5.41) is 27.7. The number of nitrogens with zero attached hydrogens (tertiary/aromatic N) is 9. The van der Waals surface area contributed by atoms with E-state index < -0.39 is 0 Å². The first-order valence-electron chi connectivity index (χ1n) is 48.1. The van der Waals surface area contributed by atoms with E-state index in [4.69, 9.17) is 0 Å². The standard InChI is InChI=1S/C22H35NS.C21H34N2OS.2C21H34N2S.C20H33N3S/c1-2-3-4-5-6-7-8-9-10-11-12-13-14-15-16-17-21-24-22-19-18-20-23-22;1-2-3-4-5-6-7-8-9-10-11-12-13-14-15-16-17-18-25-21-19-20(24)22-23-21;1-2-3-4-5-6-7-8-9-10-11-12-13-14-15-16-17-18-24-21-19-22-20-23-21;1-2-3-4-5-6-7-8-9-10-11-12-13-14-15-16-17-18-24-21-19-22-23-20-21;1-2-3-4-5-6-7-8-9-10-11-12-13-14-15-16-17-18-24-20-19-21-23-22-20/h6-7,9-10,12-13,18,20H,2-5,8,11,14-17,19,21H2,1H3;6-7,9-10,12-13H,2-5,8,11,14-19H2,1H3,(H,22,24);6-7,9-10,12-13,20H,2-5,8,11,14-19H2,1H3;6-7,9-10,12-13,19H,2-5,8,11,14-18,20H2,1H3;6-7,9-10,12-13H,2-5,8,11,14-19H2,1H3/b5*7-6-,10-9-,13-12-. The van der Waals surface area contributed by atoms with Crippen molar-refractivity contribution < 1.29 is 4.79 Å². The molecule has 676 valence electrons. The first-order chi connectivity index (χ1) is 60.1. The number of allylic oxidation sites excluding steroid dienone is 31. The van der Waals surface area contributed by atoms with E-state index in [9.17, 15) is 4.79 Å². The maximum absolute atomic E-state index is 11.0. The summed E-state index contributed by atoms with van der Waals surface area (Å²) in [4.78, 5) is 24.9. The Morgan fingerprint density at radius 1 is 0.306 bits per heavy atom. The molecule has 0 saturated carbocycles. The number of hydrogen-bond donors (Lipinski definition) is 1. The summed E-state index contributed by atoms with van der Waals surface area (Å²) in [6.45, 7) is 13.5. The average Bonchev–Trinajstić information content (AvgIpc) is 1.86. The molecule has 0 aromatic rings. The molecule has 0 aromatic heterocycles. The van der Waals surface area contributed by atoms with Gasteiger partial charge in [-0.25, -0.2) is 10.4 Å². The minimum atomic E-state index is 0.0182. The lowest BCUT2D eigenvalue weighted by Gasteiger charge is -2.00. The largest absolute Gasteiger partial charge is 0.273 e. The fraction of sp³-hybridized carbons (Fsp3) is 0.619. The number of unbranched alkanes of at least 4 members (excludes halogenated alkanes) is 30. The number of thioether (sulfide) groups is 5. The van der Waals surface area contributed by atoms with Crippen molar-refractivity contribution in [3.05, 3.63) is 206 Å². The maximum atomic E-state index is 11.0. The molecule has 0 saturated heterocycles. The van der Waals surface area contributed by atoms with Gasteiger partial charge in [0, 0.05) is 17.5 Å². The van der Waals surface area contributed by atoms with Crippen molar-refractivity contribution in [3.63, 3.8) is 0 Å². The molecule has 5 aliphatic rings. The zero-order valence-corrected chi connectivity index (χ0v) is 81.1. The first-order valence-corrected chi connectivity index (χ1v) is 53.0. The zero-order valence-electron chi connectivity index (χ0n) is 77.0. The normalized spacial score (nSPS) is 14.7. The number of amides is 1. The molecule has 0 radical (unpaired) electrons. The lowest BCUT2D eigenvalue weighted by atomic mass is 10.2. The molecule has 0 bridgehead atoms. The van der Waals surface area contributed by atoms with Gasteiger partial charge in [0.1, 0.15) is 23.0 Å². The summed E-state index contributed by atoms with van der Waals surface area (Å²) in [5.41, 5.74) is 2.49. The Kier molecular flexibility index (Phi) is 93.5. The Hall–Kier alpha value is -5.65. The molecule has 1 N–H and O–H groups in total. The van der Waals surface area contributed by atoms with Gasteiger partial charge in [-0.2, -0.15) is 20.4 Å². The SMILES string of the molecule is CCCCC/C=C\C/C=C\C/C=C\CCCCCSC1=CN=NC1.CCCCC/C=C\C/C=C\C/C=C\CCCCCSC1=NC=CC1.CCCCC/C=C\C/C=C\C/C=C\CCCCCSC1=NC=NC1.CCCCC/C=C\C/C=C\C/C=C\CCCCCSC1=NN=NC1.CCCCC/C=C\C/C=C\C/C=C\CCCCCSC1=NNC(=O)C1. The van der Waals surface area contributed by atoms with Crippen LogP contribution in [0.5, 0.6) is 0 Å². The number of carbonyl (C=O) groups excluding carboxylic acids is 1. The molecule has 121 heavy (non-hydrogen) atoms. The van der Waals surface area contributed by atoms with E-state index in [1.807, 2.05) is 47.7 Å². The van der Waals surface area contributed by atoms with Crippen LogP contribution in [0.25, 0.3) is 0 Å². The summed E-state index contributed by atoms with van der Waals surface area (Å²) in [7, 11) is 0. The van der Waals surface area contributed by atoms with E-state index in [1.165, 1.54) is 283 Å². The van der Waals surface area contributed by atoms with Gasteiger partial charge >= 0.3 is 0 Å². The fourth-order valence-corrected chi connectivity index (χ4v) is 16.4. The van der Waals surface area contributed by atoms with E-state index in [2.05, 4.69) is 274 Å². The van der Waals surface area contributed by atoms with Crippen molar-refractivity contribution in [2.45, 2.75) is 369 Å². The molecule has 0 aromatic carbocycles. The zero-order chi connectivity index (χ0) is 86.5. The van der Waals surface area contributed by atoms with E-state index in [0.717, 1.165) is 112 Å². The quantitative estimate of drug-likeness (QED) is 0.0475. The van der Waals surface area contributed by atoms with Crippen molar-refractivity contribution in [1.82, 2.24) is 5.43 Å². The smallest absolute Gasteiger partial charge is 0.246 e. The highest BCUT2D eigenvalue weighted by atomic mass is 32.2. The Bertz CT molecular complexity index is 2830. The van der Waals surface area contributed by atoms with Crippen molar-refractivity contribution >= 4 is 91.2 Å². The fourth-order valence-electron chi connectivity index (χ4n) is 11.9. The van der Waals surface area contributed by atoms with Crippen molar-refractivity contribution in [1.29, 1.82) is 0 Å². The van der Waals surface area contributed by atoms with Crippen LogP contribution in [0, 0.1) is 0 Å². The van der Waals surface area contributed by atoms with Gasteiger partial charge in [0.2, 0.25) is 5.91 Å². The molecule has 0 atom stereocenters. The molecule has 0 aliphatic carbocycles. The van der Waals surface area contributed by atoms with Gasteiger partial charge in [-0.15, -0.1) is 63.9 Å². The number of hydrogen-bond acceptors (Lipinski definition) is 15. The van der Waals surface area contributed by atoms with Crippen LogP contribution in [0.1, 0.15) is 369 Å². The minimum Gasteiger partial charge on any atom is -0.273 e. The van der Waals surface area contributed by atoms with E-state index >= 15 is 0 Å². The van der Waals surface area contributed by atoms with Crippen molar-refractivity contribution in [2.24, 2.45) is 45.7 Å². The van der Waals surface area contributed by atoms with Gasteiger partial charge in [-0.3, -0.25) is 14.8 Å². The summed E-state index contributed by atoms with van der Waals surface area (Å²) >= 11 is 9.21.